The monoisotopic (exact) mass is 379 g/mol. The molecule has 4 rings (SSSR count). The van der Waals surface area contributed by atoms with Gasteiger partial charge in [-0.05, 0) is 35.4 Å². The van der Waals surface area contributed by atoms with Crippen molar-refractivity contribution in [1.82, 2.24) is 25.8 Å². The molecule has 0 saturated carbocycles. The Morgan fingerprint density at radius 1 is 1.25 bits per heavy atom. The second-order valence-corrected chi connectivity index (χ2v) is 6.61. The summed E-state index contributed by atoms with van der Waals surface area (Å²) in [6, 6.07) is 14.3. The number of hydrogen-bond donors (Lipinski definition) is 4. The quantitative estimate of drug-likeness (QED) is 0.541. The maximum atomic E-state index is 12.3. The number of nitrogens with zero attached hydrogens (tertiary/aromatic N) is 2. The molecule has 4 N–H and O–H groups in total. The zero-order valence-electron chi connectivity index (χ0n) is 15.3. The van der Waals surface area contributed by atoms with Gasteiger partial charge in [0.05, 0.1) is 25.8 Å². The molecule has 0 spiro atoms. The van der Waals surface area contributed by atoms with E-state index in [1.165, 1.54) is 0 Å². The zero-order chi connectivity index (χ0) is 19.5. The van der Waals surface area contributed by atoms with Crippen molar-refractivity contribution >= 4 is 6.03 Å². The summed E-state index contributed by atoms with van der Waals surface area (Å²) < 4.78 is 5.14. The van der Waals surface area contributed by atoms with Gasteiger partial charge in [0.15, 0.2) is 5.82 Å². The lowest BCUT2D eigenvalue weighted by Crippen LogP contribution is -2.40. The van der Waals surface area contributed by atoms with E-state index < -0.39 is 12.1 Å². The molecule has 1 aromatic heterocycles. The molecule has 3 aromatic rings. The zero-order valence-corrected chi connectivity index (χ0v) is 15.3. The van der Waals surface area contributed by atoms with Crippen LogP contribution in [0.15, 0.2) is 48.5 Å². The number of benzene rings is 2. The van der Waals surface area contributed by atoms with E-state index in [9.17, 15) is 9.90 Å². The fourth-order valence-electron chi connectivity index (χ4n) is 3.35. The van der Waals surface area contributed by atoms with Crippen molar-refractivity contribution in [1.29, 1.82) is 0 Å². The number of carbonyl (C=O) groups is 1. The van der Waals surface area contributed by atoms with Crippen LogP contribution in [-0.2, 0) is 13.0 Å². The number of amides is 2. The third kappa shape index (κ3) is 3.67. The highest BCUT2D eigenvalue weighted by molar-refractivity contribution is 5.74. The van der Waals surface area contributed by atoms with Crippen LogP contribution >= 0.6 is 0 Å². The Balaban J connectivity index is 1.35. The van der Waals surface area contributed by atoms with Crippen LogP contribution < -0.4 is 15.4 Å². The molecular weight excluding hydrogens is 358 g/mol. The van der Waals surface area contributed by atoms with Crippen molar-refractivity contribution in [3.8, 4) is 17.1 Å². The van der Waals surface area contributed by atoms with Gasteiger partial charge in [-0.15, -0.1) is 0 Å². The first-order valence-electron chi connectivity index (χ1n) is 9.00. The number of ether oxygens (including phenoxy) is 1. The number of H-pyrrole nitrogens is 1. The number of nitrogens with one attached hydrogen (secondary N) is 3. The predicted octanol–water partition coefficient (Wildman–Crippen LogP) is 1.94. The highest BCUT2D eigenvalue weighted by Gasteiger charge is 2.31. The maximum Gasteiger partial charge on any atom is 0.315 e. The van der Waals surface area contributed by atoms with E-state index in [2.05, 4.69) is 25.8 Å². The standard InChI is InChI=1S/C20H21N5O3/c1-28-14-8-6-12(7-9-14)19-22-17(24-25-19)11-21-20(27)23-18-15-5-3-2-4-13(15)10-16(18)26/h2-9,16,18,26H,10-11H2,1H3,(H2,21,23,27)(H,22,24,25)/t16-,18+/m0/s1. The van der Waals surface area contributed by atoms with Crippen LogP contribution in [0, 0.1) is 0 Å². The Kier molecular flexibility index (Phi) is 4.94. The smallest absolute Gasteiger partial charge is 0.315 e. The molecule has 8 nitrogen and oxygen atoms in total. The Hall–Kier alpha value is -3.39. The highest BCUT2D eigenvalue weighted by atomic mass is 16.5. The van der Waals surface area contributed by atoms with Crippen LogP contribution in [0.25, 0.3) is 11.4 Å². The molecule has 2 amide bonds. The van der Waals surface area contributed by atoms with E-state index in [0.717, 1.165) is 22.4 Å². The highest BCUT2D eigenvalue weighted by Crippen LogP contribution is 2.31. The van der Waals surface area contributed by atoms with E-state index in [4.69, 9.17) is 4.74 Å². The van der Waals surface area contributed by atoms with Gasteiger partial charge in [0, 0.05) is 12.0 Å². The summed E-state index contributed by atoms with van der Waals surface area (Å²) in [6.07, 6.45) is -0.0934. The third-order valence-electron chi connectivity index (χ3n) is 4.79. The summed E-state index contributed by atoms with van der Waals surface area (Å²) in [4.78, 5) is 16.7. The summed E-state index contributed by atoms with van der Waals surface area (Å²) >= 11 is 0. The topological polar surface area (TPSA) is 112 Å². The molecule has 2 aromatic carbocycles. The van der Waals surface area contributed by atoms with Gasteiger partial charge in [0.2, 0.25) is 0 Å². The lowest BCUT2D eigenvalue weighted by atomic mass is 10.1. The van der Waals surface area contributed by atoms with Gasteiger partial charge in [0.1, 0.15) is 11.6 Å². The first-order valence-corrected chi connectivity index (χ1v) is 9.00. The van der Waals surface area contributed by atoms with E-state index in [-0.39, 0.29) is 12.6 Å². The maximum absolute atomic E-state index is 12.3. The third-order valence-corrected chi connectivity index (χ3v) is 4.79. The Morgan fingerprint density at radius 3 is 2.82 bits per heavy atom. The van der Waals surface area contributed by atoms with E-state index in [1.54, 1.807) is 7.11 Å². The van der Waals surface area contributed by atoms with Gasteiger partial charge in [-0.2, -0.15) is 5.10 Å². The summed E-state index contributed by atoms with van der Waals surface area (Å²) in [6.45, 7) is 0.194. The second kappa shape index (κ2) is 7.69. The molecule has 0 fully saturated rings. The number of hydrogen-bond acceptors (Lipinski definition) is 5. The number of methoxy groups -OCH3 is 1. The van der Waals surface area contributed by atoms with Crippen molar-refractivity contribution in [2.75, 3.05) is 7.11 Å². The van der Waals surface area contributed by atoms with E-state index in [1.807, 2.05) is 48.5 Å². The van der Waals surface area contributed by atoms with Crippen LogP contribution in [0.1, 0.15) is 23.0 Å². The van der Waals surface area contributed by atoms with Crippen LogP contribution in [0.3, 0.4) is 0 Å². The number of carbonyl (C=O) groups excluding carboxylic acids is 1. The molecule has 1 aliphatic carbocycles. The lowest BCUT2D eigenvalue weighted by Gasteiger charge is -2.18. The number of fused-ring (bicyclic) bond motifs is 1. The second-order valence-electron chi connectivity index (χ2n) is 6.61. The molecule has 0 bridgehead atoms. The Morgan fingerprint density at radius 2 is 2.04 bits per heavy atom. The van der Waals surface area contributed by atoms with Crippen molar-refractivity contribution in [3.05, 3.63) is 65.5 Å². The fraction of sp³-hybridized carbons (Fsp3) is 0.250. The Bertz CT molecular complexity index is 970. The molecule has 0 aliphatic heterocycles. The van der Waals surface area contributed by atoms with Crippen molar-refractivity contribution in [3.63, 3.8) is 0 Å². The number of rotatable bonds is 5. The number of aromatic amines is 1. The SMILES string of the molecule is COc1ccc(-c2n[nH]c(CNC(=O)N[C@@H]3c4ccccc4C[C@@H]3O)n2)cc1. The van der Waals surface area contributed by atoms with Gasteiger partial charge in [-0.25, -0.2) is 9.78 Å². The minimum Gasteiger partial charge on any atom is -0.497 e. The minimum atomic E-state index is -0.630. The molecular formula is C20H21N5O3. The molecule has 0 radical (unpaired) electrons. The van der Waals surface area contributed by atoms with Gasteiger partial charge >= 0.3 is 6.03 Å². The molecule has 28 heavy (non-hydrogen) atoms. The lowest BCUT2D eigenvalue weighted by molar-refractivity contribution is 0.142. The van der Waals surface area contributed by atoms with E-state index in [0.29, 0.717) is 18.1 Å². The molecule has 144 valence electrons. The Labute approximate surface area is 162 Å². The molecule has 8 heteroatoms. The molecule has 1 aliphatic rings. The van der Waals surface area contributed by atoms with Crippen LogP contribution in [-0.4, -0.2) is 39.5 Å². The molecule has 1 heterocycles. The van der Waals surface area contributed by atoms with Gasteiger partial charge in [0.25, 0.3) is 0 Å². The molecule has 2 atom stereocenters. The largest absolute Gasteiger partial charge is 0.497 e. The minimum absolute atomic E-state index is 0.194. The van der Waals surface area contributed by atoms with Crippen LogP contribution in [0.5, 0.6) is 5.75 Å². The predicted molar refractivity (Wildman–Crippen MR) is 103 cm³/mol. The summed E-state index contributed by atoms with van der Waals surface area (Å²) in [5, 5.41) is 22.8. The van der Waals surface area contributed by atoms with Crippen molar-refractivity contribution in [2.45, 2.75) is 25.1 Å². The first-order chi connectivity index (χ1) is 13.6. The number of aliphatic hydroxyl groups excluding tert-OH is 1. The average molecular weight is 379 g/mol. The average Bonchev–Trinajstić information content (AvgIpc) is 3.31. The van der Waals surface area contributed by atoms with Gasteiger partial charge < -0.3 is 20.5 Å². The summed E-state index contributed by atoms with van der Waals surface area (Å²) in [5.74, 6) is 1.84. The number of urea groups is 1. The molecule has 0 saturated heterocycles. The van der Waals surface area contributed by atoms with Crippen molar-refractivity contribution in [2.24, 2.45) is 0 Å². The van der Waals surface area contributed by atoms with Gasteiger partial charge in [-0.3, -0.25) is 5.10 Å². The fourth-order valence-corrected chi connectivity index (χ4v) is 3.35. The van der Waals surface area contributed by atoms with Crippen LogP contribution in [0.2, 0.25) is 0 Å². The van der Waals surface area contributed by atoms with Crippen LogP contribution in [0.4, 0.5) is 4.79 Å². The van der Waals surface area contributed by atoms with E-state index >= 15 is 0 Å². The molecule has 0 unspecified atom stereocenters. The summed E-state index contributed by atoms with van der Waals surface area (Å²) in [5.41, 5.74) is 2.85. The van der Waals surface area contributed by atoms with Gasteiger partial charge in [-0.1, -0.05) is 24.3 Å². The van der Waals surface area contributed by atoms with Crippen molar-refractivity contribution < 1.29 is 14.6 Å². The summed E-state index contributed by atoms with van der Waals surface area (Å²) in [7, 11) is 1.61. The first kappa shape index (κ1) is 18.0. The number of aliphatic hydroxyl groups is 1. The number of aromatic nitrogens is 3. The normalized spacial score (nSPS) is 17.8.